The summed E-state index contributed by atoms with van der Waals surface area (Å²) in [6.45, 7) is 4.45. The molecule has 1 aromatic rings. The van der Waals surface area contributed by atoms with Crippen LogP contribution in [-0.2, 0) is 4.79 Å². The minimum atomic E-state index is -0.273. The monoisotopic (exact) mass is 308 g/mol. The predicted molar refractivity (Wildman–Crippen MR) is 83.3 cm³/mol. The standard InChI is InChI=1S/C15H20N2O3S/c1-3-7-16-14(19)10-17-15(20)13-9-11(2)12(21-13)6-4-5-8-18/h9,18H,3,5,7-8,10H2,1-2H3,(H,16,19)(H,17,20). The van der Waals surface area contributed by atoms with Crippen molar-refractivity contribution in [2.75, 3.05) is 19.7 Å². The summed E-state index contributed by atoms with van der Waals surface area (Å²) in [5.74, 6) is 5.30. The van der Waals surface area contributed by atoms with E-state index in [0.717, 1.165) is 16.9 Å². The Morgan fingerprint density at radius 2 is 2.14 bits per heavy atom. The van der Waals surface area contributed by atoms with E-state index >= 15 is 0 Å². The molecule has 0 saturated carbocycles. The molecule has 1 heterocycles. The van der Waals surface area contributed by atoms with Crippen molar-refractivity contribution in [1.82, 2.24) is 10.6 Å². The van der Waals surface area contributed by atoms with Gasteiger partial charge in [0, 0.05) is 13.0 Å². The number of hydrogen-bond donors (Lipinski definition) is 3. The van der Waals surface area contributed by atoms with Crippen molar-refractivity contribution in [1.29, 1.82) is 0 Å². The second-order valence-corrected chi connectivity index (χ2v) is 5.48. The van der Waals surface area contributed by atoms with Gasteiger partial charge in [-0.05, 0) is 25.0 Å². The van der Waals surface area contributed by atoms with Gasteiger partial charge in [-0.3, -0.25) is 9.59 Å². The van der Waals surface area contributed by atoms with E-state index in [1.807, 2.05) is 13.8 Å². The summed E-state index contributed by atoms with van der Waals surface area (Å²) < 4.78 is 0. The molecule has 0 fully saturated rings. The lowest BCUT2D eigenvalue weighted by Crippen LogP contribution is -2.36. The summed E-state index contributed by atoms with van der Waals surface area (Å²) in [4.78, 5) is 24.7. The maximum Gasteiger partial charge on any atom is 0.261 e. The van der Waals surface area contributed by atoms with Crippen LogP contribution in [-0.4, -0.2) is 36.6 Å². The van der Waals surface area contributed by atoms with Crippen LogP contribution < -0.4 is 10.6 Å². The molecule has 21 heavy (non-hydrogen) atoms. The quantitative estimate of drug-likeness (QED) is 0.687. The summed E-state index contributed by atoms with van der Waals surface area (Å²) >= 11 is 1.29. The molecule has 0 atom stereocenters. The number of aliphatic hydroxyl groups is 1. The Bertz CT molecular complexity index is 555. The molecule has 0 saturated heterocycles. The zero-order chi connectivity index (χ0) is 15.7. The van der Waals surface area contributed by atoms with Crippen LogP contribution in [0.3, 0.4) is 0 Å². The van der Waals surface area contributed by atoms with E-state index in [-0.39, 0.29) is 25.0 Å². The molecule has 3 N–H and O–H groups in total. The van der Waals surface area contributed by atoms with Crippen molar-refractivity contribution in [2.45, 2.75) is 26.7 Å². The third kappa shape index (κ3) is 5.98. The Morgan fingerprint density at radius 1 is 1.38 bits per heavy atom. The zero-order valence-corrected chi connectivity index (χ0v) is 13.1. The maximum atomic E-state index is 11.9. The highest BCUT2D eigenvalue weighted by Crippen LogP contribution is 2.20. The molecular weight excluding hydrogens is 288 g/mol. The number of thiophene rings is 1. The Morgan fingerprint density at radius 3 is 2.81 bits per heavy atom. The van der Waals surface area contributed by atoms with Crippen LogP contribution in [0.15, 0.2) is 6.07 Å². The van der Waals surface area contributed by atoms with Crippen LogP contribution in [0, 0.1) is 18.8 Å². The molecule has 1 rings (SSSR count). The van der Waals surface area contributed by atoms with Gasteiger partial charge in [0.05, 0.1) is 22.9 Å². The second kappa shape index (κ2) is 9.16. The normalized spacial score (nSPS) is 9.67. The maximum absolute atomic E-state index is 11.9. The van der Waals surface area contributed by atoms with Gasteiger partial charge in [0.2, 0.25) is 5.91 Å². The fourth-order valence-electron chi connectivity index (χ4n) is 1.49. The molecule has 6 heteroatoms. The van der Waals surface area contributed by atoms with E-state index in [4.69, 9.17) is 5.11 Å². The molecule has 1 aromatic heterocycles. The van der Waals surface area contributed by atoms with E-state index in [1.165, 1.54) is 11.3 Å². The average molecular weight is 308 g/mol. The third-order valence-corrected chi connectivity index (χ3v) is 3.71. The molecular formula is C15H20N2O3S. The number of hydrogen-bond acceptors (Lipinski definition) is 4. The van der Waals surface area contributed by atoms with E-state index in [9.17, 15) is 9.59 Å². The van der Waals surface area contributed by atoms with E-state index in [2.05, 4.69) is 22.5 Å². The summed E-state index contributed by atoms with van der Waals surface area (Å²) in [5, 5.41) is 14.0. The van der Waals surface area contributed by atoms with Gasteiger partial charge in [-0.15, -0.1) is 11.3 Å². The van der Waals surface area contributed by atoms with Crippen molar-refractivity contribution < 1.29 is 14.7 Å². The van der Waals surface area contributed by atoms with Crippen LogP contribution in [0.25, 0.3) is 0 Å². The zero-order valence-electron chi connectivity index (χ0n) is 12.3. The van der Waals surface area contributed by atoms with Crippen LogP contribution >= 0.6 is 11.3 Å². The van der Waals surface area contributed by atoms with E-state index < -0.39 is 0 Å². The highest BCUT2D eigenvalue weighted by molar-refractivity contribution is 7.14. The third-order valence-electron chi connectivity index (χ3n) is 2.56. The van der Waals surface area contributed by atoms with Crippen molar-refractivity contribution in [3.63, 3.8) is 0 Å². The van der Waals surface area contributed by atoms with E-state index in [1.54, 1.807) is 6.07 Å². The number of amides is 2. The summed E-state index contributed by atoms with van der Waals surface area (Å²) in [5.41, 5.74) is 0.922. The highest BCUT2D eigenvalue weighted by Gasteiger charge is 2.12. The van der Waals surface area contributed by atoms with Crippen molar-refractivity contribution in [2.24, 2.45) is 0 Å². The smallest absolute Gasteiger partial charge is 0.261 e. The molecule has 114 valence electrons. The van der Waals surface area contributed by atoms with Crippen LogP contribution in [0.2, 0.25) is 0 Å². The molecule has 0 aliphatic heterocycles. The molecule has 0 radical (unpaired) electrons. The lowest BCUT2D eigenvalue weighted by molar-refractivity contribution is -0.120. The first kappa shape index (κ1) is 17.2. The molecule has 0 spiro atoms. The van der Waals surface area contributed by atoms with Crippen molar-refractivity contribution >= 4 is 23.2 Å². The van der Waals surface area contributed by atoms with Crippen molar-refractivity contribution in [3.05, 3.63) is 21.4 Å². The first-order chi connectivity index (χ1) is 10.1. The molecule has 5 nitrogen and oxygen atoms in total. The average Bonchev–Trinajstić information content (AvgIpc) is 2.84. The lowest BCUT2D eigenvalue weighted by Gasteiger charge is -2.04. The first-order valence-corrected chi connectivity index (χ1v) is 7.65. The lowest BCUT2D eigenvalue weighted by atomic mass is 10.2. The van der Waals surface area contributed by atoms with Gasteiger partial charge >= 0.3 is 0 Å². The fraction of sp³-hybridized carbons (Fsp3) is 0.467. The minimum absolute atomic E-state index is 0.0254. The Hall–Kier alpha value is -1.84. The number of aryl methyl sites for hydroxylation is 1. The molecule has 2 amide bonds. The SMILES string of the molecule is CCCNC(=O)CNC(=O)c1cc(C)c(C#CCCO)s1. The van der Waals surface area contributed by atoms with Crippen LogP contribution in [0.5, 0.6) is 0 Å². The van der Waals surface area contributed by atoms with Crippen LogP contribution in [0.1, 0.15) is 39.9 Å². The summed E-state index contributed by atoms with van der Waals surface area (Å²) in [6, 6.07) is 1.76. The van der Waals surface area contributed by atoms with Gasteiger partial charge in [0.1, 0.15) is 0 Å². The number of carbonyl (C=O) groups is 2. The molecule has 0 aliphatic rings. The number of carbonyl (C=O) groups excluding carboxylic acids is 2. The van der Waals surface area contributed by atoms with Gasteiger partial charge < -0.3 is 15.7 Å². The summed E-state index contributed by atoms with van der Waals surface area (Å²) in [6.07, 6.45) is 1.27. The molecule has 0 aromatic carbocycles. The Kier molecular flexibility index (Phi) is 7.51. The van der Waals surface area contributed by atoms with Gasteiger partial charge in [-0.2, -0.15) is 0 Å². The fourth-order valence-corrected chi connectivity index (χ4v) is 2.45. The van der Waals surface area contributed by atoms with Gasteiger partial charge in [0.15, 0.2) is 0 Å². The van der Waals surface area contributed by atoms with Crippen LogP contribution in [0.4, 0.5) is 0 Å². The number of rotatable bonds is 6. The predicted octanol–water partition coefficient (Wildman–Crippen LogP) is 1.05. The largest absolute Gasteiger partial charge is 0.395 e. The molecule has 0 bridgehead atoms. The van der Waals surface area contributed by atoms with Gasteiger partial charge in [-0.1, -0.05) is 18.8 Å². The number of aliphatic hydroxyl groups excluding tert-OH is 1. The highest BCUT2D eigenvalue weighted by atomic mass is 32.1. The Balaban J connectivity index is 2.57. The first-order valence-electron chi connectivity index (χ1n) is 6.83. The second-order valence-electron chi connectivity index (χ2n) is 4.43. The molecule has 0 aliphatic carbocycles. The minimum Gasteiger partial charge on any atom is -0.395 e. The van der Waals surface area contributed by atoms with Gasteiger partial charge in [0.25, 0.3) is 5.91 Å². The van der Waals surface area contributed by atoms with E-state index in [0.29, 0.717) is 17.8 Å². The van der Waals surface area contributed by atoms with Gasteiger partial charge in [-0.25, -0.2) is 0 Å². The number of nitrogens with one attached hydrogen (secondary N) is 2. The molecule has 0 unspecified atom stereocenters. The Labute approximate surface area is 128 Å². The van der Waals surface area contributed by atoms with Crippen molar-refractivity contribution in [3.8, 4) is 11.8 Å². The topological polar surface area (TPSA) is 78.4 Å². The summed E-state index contributed by atoms with van der Waals surface area (Å²) in [7, 11) is 0.